The molecule has 3 rings (SSSR count). The Balaban J connectivity index is 1.79. The molecule has 1 unspecified atom stereocenters. The number of hydrogen-bond donors (Lipinski definition) is 3. The minimum atomic E-state index is -0.448. The van der Waals surface area contributed by atoms with Crippen molar-refractivity contribution in [3.63, 3.8) is 0 Å². The minimum Gasteiger partial charge on any atom is -0.375 e. The Morgan fingerprint density at radius 2 is 1.84 bits per heavy atom. The molecule has 130 valence electrons. The molecule has 1 amide bonds. The van der Waals surface area contributed by atoms with Crippen molar-refractivity contribution in [2.45, 2.75) is 13.0 Å². The third kappa shape index (κ3) is 3.40. The third-order valence-corrected chi connectivity index (χ3v) is 4.08. The summed E-state index contributed by atoms with van der Waals surface area (Å²) in [7, 11) is 3.48. The quantitative estimate of drug-likeness (QED) is 0.682. The number of nitrogens with zero attached hydrogens (tertiary/aromatic N) is 1. The second-order valence-electron chi connectivity index (χ2n) is 6.14. The van der Waals surface area contributed by atoms with Crippen LogP contribution in [0.25, 0.3) is 11.0 Å². The van der Waals surface area contributed by atoms with Gasteiger partial charge in [0.25, 0.3) is 5.91 Å². The molecule has 0 spiro atoms. The molecule has 0 saturated carbocycles. The maximum Gasteiger partial charge on any atom is 0.323 e. The molecule has 7 heteroatoms. The van der Waals surface area contributed by atoms with E-state index in [0.29, 0.717) is 16.7 Å². The fraction of sp³-hybridized carbons (Fsp3) is 0.222. The van der Waals surface area contributed by atoms with E-state index >= 15 is 0 Å². The summed E-state index contributed by atoms with van der Waals surface area (Å²) in [5, 5.41) is 2.84. The molecule has 3 N–H and O–H groups in total. The van der Waals surface area contributed by atoms with E-state index in [1.54, 1.807) is 43.3 Å². The zero-order chi connectivity index (χ0) is 18.1. The van der Waals surface area contributed by atoms with Gasteiger partial charge in [-0.3, -0.25) is 4.79 Å². The van der Waals surface area contributed by atoms with Crippen LogP contribution < -0.4 is 15.9 Å². The Morgan fingerprint density at radius 1 is 1.12 bits per heavy atom. The van der Waals surface area contributed by atoms with Crippen LogP contribution in [0.4, 0.5) is 10.1 Å². The zero-order valence-electron chi connectivity index (χ0n) is 14.2. The molecule has 1 heterocycles. The topological polar surface area (TPSA) is 81.0 Å². The predicted octanol–water partition coefficient (Wildman–Crippen LogP) is 2.55. The van der Waals surface area contributed by atoms with Crippen molar-refractivity contribution < 1.29 is 9.18 Å². The predicted molar refractivity (Wildman–Crippen MR) is 95.5 cm³/mol. The number of halogens is 1. The van der Waals surface area contributed by atoms with E-state index in [2.05, 4.69) is 15.3 Å². The number of nitrogens with one attached hydrogen (secondary N) is 3. The van der Waals surface area contributed by atoms with E-state index in [4.69, 9.17) is 0 Å². The molecule has 0 saturated heterocycles. The van der Waals surface area contributed by atoms with Gasteiger partial charge in [0.2, 0.25) is 0 Å². The lowest BCUT2D eigenvalue weighted by Crippen LogP contribution is -2.26. The molecule has 0 bridgehead atoms. The number of carbonyl (C=O) groups excluding carboxylic acids is 1. The normalized spacial score (nSPS) is 12.2. The van der Waals surface area contributed by atoms with Gasteiger partial charge in [-0.05, 0) is 42.8 Å². The molecule has 0 aliphatic rings. The highest BCUT2D eigenvalue weighted by Crippen LogP contribution is 2.20. The SMILES string of the molecule is CC(NC(=O)c1ccc(N(C)C)c(F)c1)c1ccc2[nH]c(=O)[nH]c2c1. The number of hydrogen-bond acceptors (Lipinski definition) is 3. The maximum atomic E-state index is 14.0. The number of anilines is 1. The molecule has 3 aromatic rings. The summed E-state index contributed by atoms with van der Waals surface area (Å²) < 4.78 is 14.0. The molecule has 0 fully saturated rings. The van der Waals surface area contributed by atoms with E-state index in [1.807, 2.05) is 13.0 Å². The number of imidazole rings is 1. The van der Waals surface area contributed by atoms with Gasteiger partial charge in [0.1, 0.15) is 5.82 Å². The van der Waals surface area contributed by atoms with Gasteiger partial charge in [-0.25, -0.2) is 9.18 Å². The van der Waals surface area contributed by atoms with Crippen LogP contribution in [0.2, 0.25) is 0 Å². The summed E-state index contributed by atoms with van der Waals surface area (Å²) >= 11 is 0. The summed E-state index contributed by atoms with van der Waals surface area (Å²) in [5.41, 5.74) is 2.61. The fourth-order valence-electron chi connectivity index (χ4n) is 2.69. The highest BCUT2D eigenvalue weighted by molar-refractivity contribution is 5.95. The lowest BCUT2D eigenvalue weighted by Gasteiger charge is -2.16. The highest BCUT2D eigenvalue weighted by atomic mass is 19.1. The number of aromatic nitrogens is 2. The monoisotopic (exact) mass is 342 g/mol. The third-order valence-electron chi connectivity index (χ3n) is 4.08. The number of benzene rings is 2. The van der Waals surface area contributed by atoms with E-state index in [0.717, 1.165) is 5.56 Å². The standard InChI is InChI=1S/C18H19FN4O2/c1-10(11-4-6-14-15(9-11)22-18(25)21-14)20-17(24)12-5-7-16(23(2)3)13(19)8-12/h4-10H,1-3H3,(H,20,24)(H2,21,22,25). The van der Waals surface area contributed by atoms with Crippen LogP contribution in [-0.2, 0) is 0 Å². The maximum absolute atomic E-state index is 14.0. The van der Waals surface area contributed by atoms with Crippen molar-refractivity contribution >= 4 is 22.6 Å². The van der Waals surface area contributed by atoms with Crippen molar-refractivity contribution in [3.8, 4) is 0 Å². The first-order valence-corrected chi connectivity index (χ1v) is 7.85. The van der Waals surface area contributed by atoms with Gasteiger partial charge in [-0.1, -0.05) is 6.07 Å². The van der Waals surface area contributed by atoms with Crippen LogP contribution in [0.15, 0.2) is 41.2 Å². The number of fused-ring (bicyclic) bond motifs is 1. The van der Waals surface area contributed by atoms with E-state index in [9.17, 15) is 14.0 Å². The van der Waals surface area contributed by atoms with Crippen LogP contribution in [0.3, 0.4) is 0 Å². The number of H-pyrrole nitrogens is 2. The largest absolute Gasteiger partial charge is 0.375 e. The van der Waals surface area contributed by atoms with Gasteiger partial charge < -0.3 is 20.2 Å². The van der Waals surface area contributed by atoms with Crippen LogP contribution in [0.5, 0.6) is 0 Å². The molecular formula is C18H19FN4O2. The highest BCUT2D eigenvalue weighted by Gasteiger charge is 2.15. The Bertz CT molecular complexity index is 990. The summed E-state index contributed by atoms with van der Waals surface area (Å²) in [4.78, 5) is 30.7. The Hall–Kier alpha value is -3.09. The second-order valence-corrected chi connectivity index (χ2v) is 6.14. The average molecular weight is 342 g/mol. The van der Waals surface area contributed by atoms with Gasteiger partial charge in [0.05, 0.1) is 22.8 Å². The van der Waals surface area contributed by atoms with Gasteiger partial charge >= 0.3 is 5.69 Å². The first-order chi connectivity index (χ1) is 11.8. The van der Waals surface area contributed by atoms with Crippen molar-refractivity contribution in [3.05, 3.63) is 63.8 Å². The lowest BCUT2D eigenvalue weighted by atomic mass is 10.1. The number of amides is 1. The Morgan fingerprint density at radius 3 is 2.52 bits per heavy atom. The Labute approximate surface area is 143 Å². The zero-order valence-corrected chi connectivity index (χ0v) is 14.2. The van der Waals surface area contributed by atoms with Gasteiger partial charge in [0.15, 0.2) is 0 Å². The molecule has 6 nitrogen and oxygen atoms in total. The van der Waals surface area contributed by atoms with Crippen LogP contribution in [0.1, 0.15) is 28.9 Å². The van der Waals surface area contributed by atoms with E-state index in [1.165, 1.54) is 6.07 Å². The minimum absolute atomic E-state index is 0.256. The fourth-order valence-corrected chi connectivity index (χ4v) is 2.69. The average Bonchev–Trinajstić information content (AvgIpc) is 2.93. The first kappa shape index (κ1) is 16.8. The molecule has 1 atom stereocenters. The summed E-state index contributed by atoms with van der Waals surface area (Å²) in [6.45, 7) is 1.83. The second kappa shape index (κ2) is 6.43. The van der Waals surface area contributed by atoms with Gasteiger partial charge in [0, 0.05) is 19.7 Å². The van der Waals surface area contributed by atoms with Crippen LogP contribution in [0, 0.1) is 5.82 Å². The summed E-state index contributed by atoms with van der Waals surface area (Å²) in [6, 6.07) is 9.49. The molecule has 2 aromatic carbocycles. The Kier molecular flexibility index (Phi) is 4.31. The number of aromatic amines is 2. The van der Waals surface area contributed by atoms with Crippen molar-refractivity contribution in [2.24, 2.45) is 0 Å². The number of rotatable bonds is 4. The van der Waals surface area contributed by atoms with Gasteiger partial charge in [-0.2, -0.15) is 0 Å². The van der Waals surface area contributed by atoms with Crippen LogP contribution >= 0.6 is 0 Å². The smallest absolute Gasteiger partial charge is 0.323 e. The molecule has 25 heavy (non-hydrogen) atoms. The summed E-state index contributed by atoms with van der Waals surface area (Å²) in [6.07, 6.45) is 0. The molecule has 0 aliphatic carbocycles. The molecule has 1 aromatic heterocycles. The van der Waals surface area contributed by atoms with Crippen molar-refractivity contribution in [1.29, 1.82) is 0 Å². The first-order valence-electron chi connectivity index (χ1n) is 7.85. The molecule has 0 aliphatic heterocycles. The molecular weight excluding hydrogens is 323 g/mol. The lowest BCUT2D eigenvalue weighted by molar-refractivity contribution is 0.0939. The van der Waals surface area contributed by atoms with E-state index < -0.39 is 5.82 Å². The van der Waals surface area contributed by atoms with Gasteiger partial charge in [-0.15, -0.1) is 0 Å². The molecule has 0 radical (unpaired) electrons. The van der Waals surface area contributed by atoms with E-state index in [-0.39, 0.29) is 23.2 Å². The van der Waals surface area contributed by atoms with Crippen molar-refractivity contribution in [2.75, 3.05) is 19.0 Å². The van der Waals surface area contributed by atoms with Crippen LogP contribution in [-0.4, -0.2) is 30.0 Å². The number of carbonyl (C=O) groups is 1. The van der Waals surface area contributed by atoms with Crippen molar-refractivity contribution in [1.82, 2.24) is 15.3 Å². The summed E-state index contributed by atoms with van der Waals surface area (Å²) in [5.74, 6) is -0.809.